The van der Waals surface area contributed by atoms with Crippen molar-refractivity contribution in [3.05, 3.63) is 29.3 Å². The third-order valence-corrected chi connectivity index (χ3v) is 3.28. The Bertz CT molecular complexity index is 441. The Balaban J connectivity index is 2.21. The number of aromatic carboxylic acids is 1. The first-order valence-electron chi connectivity index (χ1n) is 6.23. The lowest BCUT2D eigenvalue weighted by Gasteiger charge is -2.26. The van der Waals surface area contributed by atoms with Gasteiger partial charge in [0.2, 0.25) is 0 Å². The molecule has 4 heteroatoms. The maximum atomic E-state index is 10.9. The summed E-state index contributed by atoms with van der Waals surface area (Å²) in [5, 5.41) is 8.97. The number of carboxylic acid groups (broad SMARTS) is 1. The number of methoxy groups -OCH3 is 1. The van der Waals surface area contributed by atoms with Gasteiger partial charge in [-0.25, -0.2) is 4.79 Å². The Morgan fingerprint density at radius 3 is 2.72 bits per heavy atom. The van der Waals surface area contributed by atoms with Crippen LogP contribution >= 0.6 is 0 Å². The normalized spacial score (nSPS) is 14.6. The van der Waals surface area contributed by atoms with Gasteiger partial charge in [-0.05, 0) is 43.5 Å². The summed E-state index contributed by atoms with van der Waals surface area (Å²) in [4.78, 5) is 13.2. The first-order chi connectivity index (χ1) is 8.63. The van der Waals surface area contributed by atoms with Gasteiger partial charge in [-0.15, -0.1) is 0 Å². The molecule has 0 aromatic heterocycles. The monoisotopic (exact) mass is 249 g/mol. The van der Waals surface area contributed by atoms with Crippen molar-refractivity contribution in [2.75, 3.05) is 25.2 Å². The molecule has 18 heavy (non-hydrogen) atoms. The van der Waals surface area contributed by atoms with Crippen molar-refractivity contribution in [2.24, 2.45) is 0 Å². The Hall–Kier alpha value is -1.55. The first kappa shape index (κ1) is 12.9. The number of hydrogen-bond donors (Lipinski definition) is 1. The lowest BCUT2D eigenvalue weighted by atomic mass is 10.1. The number of ether oxygens (including phenoxy) is 1. The number of rotatable bonds is 6. The number of anilines is 1. The summed E-state index contributed by atoms with van der Waals surface area (Å²) in [7, 11) is 1.70. The summed E-state index contributed by atoms with van der Waals surface area (Å²) in [6.45, 7) is 3.51. The van der Waals surface area contributed by atoms with Crippen molar-refractivity contribution in [3.8, 4) is 0 Å². The van der Waals surface area contributed by atoms with Crippen LogP contribution in [0.25, 0.3) is 0 Å². The maximum absolute atomic E-state index is 10.9. The minimum Gasteiger partial charge on any atom is -0.478 e. The van der Waals surface area contributed by atoms with Crippen molar-refractivity contribution in [1.82, 2.24) is 0 Å². The van der Waals surface area contributed by atoms with Gasteiger partial charge in [0.25, 0.3) is 0 Å². The van der Waals surface area contributed by atoms with Gasteiger partial charge in [0.1, 0.15) is 0 Å². The second-order valence-corrected chi connectivity index (χ2v) is 4.72. The van der Waals surface area contributed by atoms with Crippen molar-refractivity contribution in [2.45, 2.75) is 25.8 Å². The largest absolute Gasteiger partial charge is 0.478 e. The van der Waals surface area contributed by atoms with Crippen LogP contribution in [0, 0.1) is 6.92 Å². The van der Waals surface area contributed by atoms with Gasteiger partial charge in [-0.1, -0.05) is 0 Å². The molecule has 1 aliphatic rings. The summed E-state index contributed by atoms with van der Waals surface area (Å²) in [6, 6.07) is 5.91. The van der Waals surface area contributed by atoms with Gasteiger partial charge in [-0.2, -0.15) is 0 Å². The molecule has 1 aromatic rings. The van der Waals surface area contributed by atoms with Crippen molar-refractivity contribution < 1.29 is 14.6 Å². The molecule has 0 saturated heterocycles. The van der Waals surface area contributed by atoms with Crippen molar-refractivity contribution in [1.29, 1.82) is 0 Å². The van der Waals surface area contributed by atoms with E-state index in [9.17, 15) is 4.79 Å². The lowest BCUT2D eigenvalue weighted by Crippen LogP contribution is -2.30. The molecule has 0 heterocycles. The van der Waals surface area contributed by atoms with Gasteiger partial charge in [0.15, 0.2) is 0 Å². The Kier molecular flexibility index (Phi) is 3.87. The zero-order chi connectivity index (χ0) is 13.1. The number of carbonyl (C=O) groups is 1. The van der Waals surface area contributed by atoms with Gasteiger partial charge in [0.05, 0.1) is 12.2 Å². The van der Waals surface area contributed by atoms with Crippen LogP contribution in [0.1, 0.15) is 28.8 Å². The number of benzene rings is 1. The van der Waals surface area contributed by atoms with E-state index in [0.29, 0.717) is 18.2 Å². The molecule has 1 fully saturated rings. The van der Waals surface area contributed by atoms with Gasteiger partial charge in [-0.3, -0.25) is 0 Å². The van der Waals surface area contributed by atoms with Crippen LogP contribution in [0.2, 0.25) is 0 Å². The molecule has 0 bridgehead atoms. The van der Waals surface area contributed by atoms with Crippen molar-refractivity contribution in [3.63, 3.8) is 0 Å². The van der Waals surface area contributed by atoms with E-state index in [0.717, 1.165) is 17.8 Å². The summed E-state index contributed by atoms with van der Waals surface area (Å²) >= 11 is 0. The van der Waals surface area contributed by atoms with E-state index >= 15 is 0 Å². The van der Waals surface area contributed by atoms with Crippen LogP contribution in [-0.2, 0) is 4.74 Å². The quantitative estimate of drug-likeness (QED) is 0.840. The molecule has 0 spiro atoms. The Morgan fingerprint density at radius 2 is 2.22 bits per heavy atom. The van der Waals surface area contributed by atoms with Crippen LogP contribution in [-0.4, -0.2) is 37.4 Å². The summed E-state index contributed by atoms with van der Waals surface area (Å²) < 4.78 is 5.14. The van der Waals surface area contributed by atoms with E-state index in [4.69, 9.17) is 9.84 Å². The average molecular weight is 249 g/mol. The predicted octanol–water partition coefficient (Wildman–Crippen LogP) is 2.31. The fourth-order valence-corrected chi connectivity index (χ4v) is 2.19. The highest BCUT2D eigenvalue weighted by molar-refractivity contribution is 5.88. The minimum absolute atomic E-state index is 0.346. The van der Waals surface area contributed by atoms with E-state index in [1.807, 2.05) is 13.0 Å². The molecule has 1 saturated carbocycles. The van der Waals surface area contributed by atoms with Crippen LogP contribution in [0.4, 0.5) is 5.69 Å². The maximum Gasteiger partial charge on any atom is 0.335 e. The van der Waals surface area contributed by atoms with Crippen LogP contribution in [0.5, 0.6) is 0 Å². The van der Waals surface area contributed by atoms with Gasteiger partial charge >= 0.3 is 5.97 Å². The molecule has 0 radical (unpaired) electrons. The zero-order valence-electron chi connectivity index (χ0n) is 10.8. The molecule has 98 valence electrons. The number of nitrogens with zero attached hydrogens (tertiary/aromatic N) is 1. The van der Waals surface area contributed by atoms with E-state index in [-0.39, 0.29) is 0 Å². The summed E-state index contributed by atoms with van der Waals surface area (Å²) in [6.07, 6.45) is 2.42. The number of aryl methyl sites for hydroxylation is 1. The molecule has 4 nitrogen and oxygen atoms in total. The molecule has 0 amide bonds. The first-order valence-corrected chi connectivity index (χ1v) is 6.23. The summed E-state index contributed by atoms with van der Waals surface area (Å²) in [5.41, 5.74) is 2.48. The highest BCUT2D eigenvalue weighted by Crippen LogP contribution is 2.33. The SMILES string of the molecule is COCCN(c1ccc(C(=O)O)cc1C)C1CC1. The molecule has 2 rings (SSSR count). The highest BCUT2D eigenvalue weighted by atomic mass is 16.5. The van der Waals surface area contributed by atoms with E-state index in [2.05, 4.69) is 4.90 Å². The fourth-order valence-electron chi connectivity index (χ4n) is 2.19. The molecule has 0 unspecified atom stereocenters. The molecule has 1 aromatic carbocycles. The third-order valence-electron chi connectivity index (χ3n) is 3.28. The van der Waals surface area contributed by atoms with Crippen LogP contribution in [0.15, 0.2) is 18.2 Å². The van der Waals surface area contributed by atoms with Gasteiger partial charge in [0, 0.05) is 25.4 Å². The molecular weight excluding hydrogens is 230 g/mol. The van der Waals surface area contributed by atoms with Gasteiger partial charge < -0.3 is 14.7 Å². The smallest absolute Gasteiger partial charge is 0.335 e. The van der Waals surface area contributed by atoms with E-state index in [1.165, 1.54) is 12.8 Å². The lowest BCUT2D eigenvalue weighted by molar-refractivity contribution is 0.0697. The fraction of sp³-hybridized carbons (Fsp3) is 0.500. The average Bonchev–Trinajstić information content (AvgIpc) is 3.15. The standard InChI is InChI=1S/C14H19NO3/c1-10-9-11(14(16)17)3-6-13(10)15(7-8-18-2)12-4-5-12/h3,6,9,12H,4-5,7-8H2,1-2H3,(H,16,17). The predicted molar refractivity (Wildman–Crippen MR) is 70.4 cm³/mol. The second kappa shape index (κ2) is 5.40. The molecular formula is C14H19NO3. The second-order valence-electron chi connectivity index (χ2n) is 4.72. The number of hydrogen-bond acceptors (Lipinski definition) is 3. The highest BCUT2D eigenvalue weighted by Gasteiger charge is 2.29. The molecule has 1 N–H and O–H groups in total. The van der Waals surface area contributed by atoms with Crippen molar-refractivity contribution >= 4 is 11.7 Å². The van der Waals surface area contributed by atoms with Crippen LogP contribution in [0.3, 0.4) is 0 Å². The molecule has 0 aliphatic heterocycles. The molecule has 0 atom stereocenters. The number of carboxylic acids is 1. The zero-order valence-corrected chi connectivity index (χ0v) is 10.8. The minimum atomic E-state index is -0.875. The van der Waals surface area contributed by atoms with E-state index in [1.54, 1.807) is 19.2 Å². The third kappa shape index (κ3) is 2.82. The summed E-state index contributed by atoms with van der Waals surface area (Å²) in [5.74, 6) is -0.875. The van der Waals surface area contributed by atoms with E-state index < -0.39 is 5.97 Å². The Labute approximate surface area is 107 Å². The topological polar surface area (TPSA) is 49.8 Å². The van der Waals surface area contributed by atoms with Crippen LogP contribution < -0.4 is 4.90 Å². The molecule has 1 aliphatic carbocycles. The Morgan fingerprint density at radius 1 is 1.50 bits per heavy atom.